The molecule has 0 amide bonds. The minimum absolute atomic E-state index is 0.897. The second-order valence-corrected chi connectivity index (χ2v) is 5.04. The highest BCUT2D eigenvalue weighted by atomic mass is 32.1. The molecule has 2 heterocycles. The lowest BCUT2D eigenvalue weighted by atomic mass is 10.1. The fourth-order valence-corrected chi connectivity index (χ4v) is 2.53. The highest BCUT2D eigenvalue weighted by Crippen LogP contribution is 2.20. The summed E-state index contributed by atoms with van der Waals surface area (Å²) in [6.07, 6.45) is 5.76. The summed E-state index contributed by atoms with van der Waals surface area (Å²) in [6.45, 7) is 2.98. The van der Waals surface area contributed by atoms with Gasteiger partial charge in [0.2, 0.25) is 0 Å². The van der Waals surface area contributed by atoms with Crippen molar-refractivity contribution in [3.05, 3.63) is 35.0 Å². The maximum Gasteiger partial charge on any atom is 0.182 e. The van der Waals surface area contributed by atoms with E-state index in [9.17, 15) is 0 Å². The van der Waals surface area contributed by atoms with E-state index >= 15 is 0 Å². The smallest absolute Gasteiger partial charge is 0.182 e. The Bertz CT molecular complexity index is 495. The lowest BCUT2D eigenvalue weighted by Crippen LogP contribution is -2.03. The number of hydrogen-bond donors (Lipinski definition) is 2. The van der Waals surface area contributed by atoms with Gasteiger partial charge in [0, 0.05) is 30.9 Å². The van der Waals surface area contributed by atoms with E-state index in [1.165, 1.54) is 10.4 Å². The normalized spacial score (nSPS) is 10.3. The molecule has 0 saturated carbocycles. The van der Waals surface area contributed by atoms with Crippen molar-refractivity contribution in [1.29, 1.82) is 0 Å². The van der Waals surface area contributed by atoms with Crippen LogP contribution in [0.2, 0.25) is 0 Å². The summed E-state index contributed by atoms with van der Waals surface area (Å²) < 4.78 is 0. The van der Waals surface area contributed by atoms with E-state index in [0.717, 1.165) is 30.3 Å². The first-order valence-electron chi connectivity index (χ1n) is 6.13. The minimum atomic E-state index is 0.897. The monoisotopic (exact) mass is 262 g/mol. The Morgan fingerprint density at radius 1 is 1.28 bits per heavy atom. The van der Waals surface area contributed by atoms with Crippen LogP contribution in [0.3, 0.4) is 0 Å². The molecule has 0 fully saturated rings. The third-order valence-corrected chi connectivity index (χ3v) is 3.72. The van der Waals surface area contributed by atoms with Gasteiger partial charge in [-0.05, 0) is 31.4 Å². The molecule has 0 atom stereocenters. The van der Waals surface area contributed by atoms with Gasteiger partial charge in [0.1, 0.15) is 5.82 Å². The summed E-state index contributed by atoms with van der Waals surface area (Å²) in [5.41, 5.74) is 1.26. The van der Waals surface area contributed by atoms with Crippen LogP contribution in [0.1, 0.15) is 17.4 Å². The SMILES string of the molecule is CCNc1ncccc1CCc1cnc(NC)s1. The molecule has 0 unspecified atom stereocenters. The van der Waals surface area contributed by atoms with E-state index in [2.05, 4.69) is 33.6 Å². The molecule has 0 aromatic carbocycles. The van der Waals surface area contributed by atoms with Gasteiger partial charge in [-0.2, -0.15) is 0 Å². The van der Waals surface area contributed by atoms with Crippen LogP contribution in [0.4, 0.5) is 10.9 Å². The van der Waals surface area contributed by atoms with E-state index in [-0.39, 0.29) is 0 Å². The summed E-state index contributed by atoms with van der Waals surface area (Å²) in [5.74, 6) is 0.998. The predicted molar refractivity (Wildman–Crippen MR) is 77.5 cm³/mol. The number of aromatic nitrogens is 2. The molecule has 2 aromatic heterocycles. The van der Waals surface area contributed by atoms with Crippen LogP contribution in [-0.4, -0.2) is 23.6 Å². The van der Waals surface area contributed by atoms with Crippen LogP contribution in [0, 0.1) is 0 Å². The second-order valence-electron chi connectivity index (χ2n) is 3.92. The van der Waals surface area contributed by atoms with E-state index in [1.54, 1.807) is 11.3 Å². The molecule has 4 nitrogen and oxygen atoms in total. The van der Waals surface area contributed by atoms with Gasteiger partial charge in [-0.3, -0.25) is 0 Å². The molecule has 2 N–H and O–H groups in total. The molecule has 0 aliphatic rings. The van der Waals surface area contributed by atoms with Gasteiger partial charge >= 0.3 is 0 Å². The molecule has 0 bridgehead atoms. The molecular formula is C13H18N4S. The molecule has 0 spiro atoms. The fourth-order valence-electron chi connectivity index (χ4n) is 1.76. The molecular weight excluding hydrogens is 244 g/mol. The van der Waals surface area contributed by atoms with Gasteiger partial charge in [0.05, 0.1) is 0 Å². The van der Waals surface area contributed by atoms with Gasteiger partial charge in [-0.1, -0.05) is 6.07 Å². The zero-order valence-corrected chi connectivity index (χ0v) is 11.5. The van der Waals surface area contributed by atoms with Crippen molar-refractivity contribution in [2.24, 2.45) is 0 Å². The Balaban J connectivity index is 2.01. The Morgan fingerprint density at radius 3 is 2.89 bits per heavy atom. The number of rotatable bonds is 6. The third kappa shape index (κ3) is 3.20. The Labute approximate surface area is 111 Å². The van der Waals surface area contributed by atoms with Crippen molar-refractivity contribution in [2.45, 2.75) is 19.8 Å². The van der Waals surface area contributed by atoms with Gasteiger partial charge < -0.3 is 10.6 Å². The number of nitrogens with zero attached hydrogens (tertiary/aromatic N) is 2. The molecule has 96 valence electrons. The maximum atomic E-state index is 4.37. The molecule has 0 aliphatic carbocycles. The topological polar surface area (TPSA) is 49.8 Å². The van der Waals surface area contributed by atoms with Gasteiger partial charge in [0.25, 0.3) is 0 Å². The summed E-state index contributed by atoms with van der Waals surface area (Å²) in [4.78, 5) is 9.95. The highest BCUT2D eigenvalue weighted by molar-refractivity contribution is 7.15. The lowest BCUT2D eigenvalue weighted by Gasteiger charge is -2.08. The first kappa shape index (κ1) is 12.8. The maximum absolute atomic E-state index is 4.37. The number of anilines is 2. The molecule has 0 aliphatic heterocycles. The van der Waals surface area contributed by atoms with Crippen molar-refractivity contribution < 1.29 is 0 Å². The van der Waals surface area contributed by atoms with E-state index in [1.807, 2.05) is 25.5 Å². The van der Waals surface area contributed by atoms with Crippen LogP contribution in [0.25, 0.3) is 0 Å². The molecule has 0 radical (unpaired) electrons. The van der Waals surface area contributed by atoms with Crippen LogP contribution >= 0.6 is 11.3 Å². The standard InChI is InChI=1S/C13H18N4S/c1-3-15-12-10(5-4-8-16-12)6-7-11-9-17-13(14-2)18-11/h4-5,8-9H,3,6-7H2,1-2H3,(H,14,17)(H,15,16). The largest absolute Gasteiger partial charge is 0.370 e. The fraction of sp³-hybridized carbons (Fsp3) is 0.385. The second kappa shape index (κ2) is 6.35. The Kier molecular flexibility index (Phi) is 4.52. The summed E-state index contributed by atoms with van der Waals surface area (Å²) in [6, 6.07) is 4.12. The van der Waals surface area contributed by atoms with Crippen molar-refractivity contribution in [3.63, 3.8) is 0 Å². The third-order valence-electron chi connectivity index (χ3n) is 2.64. The minimum Gasteiger partial charge on any atom is -0.370 e. The van der Waals surface area contributed by atoms with Gasteiger partial charge in [-0.25, -0.2) is 9.97 Å². The van der Waals surface area contributed by atoms with Crippen LogP contribution in [-0.2, 0) is 12.8 Å². The van der Waals surface area contributed by atoms with Gasteiger partial charge in [-0.15, -0.1) is 11.3 Å². The van der Waals surface area contributed by atoms with Crippen molar-refractivity contribution in [2.75, 3.05) is 24.2 Å². The van der Waals surface area contributed by atoms with Gasteiger partial charge in [0.15, 0.2) is 5.13 Å². The summed E-state index contributed by atoms with van der Waals surface area (Å²) in [5, 5.41) is 7.33. The number of aryl methyl sites for hydroxylation is 2. The van der Waals surface area contributed by atoms with Crippen molar-refractivity contribution in [1.82, 2.24) is 9.97 Å². The van der Waals surface area contributed by atoms with Crippen LogP contribution < -0.4 is 10.6 Å². The first-order chi connectivity index (χ1) is 8.83. The first-order valence-corrected chi connectivity index (χ1v) is 6.95. The number of hydrogen-bond acceptors (Lipinski definition) is 5. The zero-order valence-electron chi connectivity index (χ0n) is 10.7. The summed E-state index contributed by atoms with van der Waals surface area (Å²) in [7, 11) is 1.90. The highest BCUT2D eigenvalue weighted by Gasteiger charge is 2.05. The van der Waals surface area contributed by atoms with Crippen molar-refractivity contribution in [3.8, 4) is 0 Å². The number of nitrogens with one attached hydrogen (secondary N) is 2. The molecule has 18 heavy (non-hydrogen) atoms. The van der Waals surface area contributed by atoms with E-state index < -0.39 is 0 Å². The molecule has 2 aromatic rings. The predicted octanol–water partition coefficient (Wildman–Crippen LogP) is 2.80. The van der Waals surface area contributed by atoms with E-state index in [0.29, 0.717) is 0 Å². The van der Waals surface area contributed by atoms with Crippen molar-refractivity contribution >= 4 is 22.3 Å². The van der Waals surface area contributed by atoms with Crippen LogP contribution in [0.15, 0.2) is 24.5 Å². The Hall–Kier alpha value is -1.62. The molecule has 0 saturated heterocycles. The average Bonchev–Trinajstić information content (AvgIpc) is 2.86. The number of thiazole rings is 1. The summed E-state index contributed by atoms with van der Waals surface area (Å²) >= 11 is 1.71. The van der Waals surface area contributed by atoms with Crippen LogP contribution in [0.5, 0.6) is 0 Å². The quantitative estimate of drug-likeness (QED) is 0.840. The lowest BCUT2D eigenvalue weighted by molar-refractivity contribution is 0.960. The average molecular weight is 262 g/mol. The molecule has 5 heteroatoms. The molecule has 2 rings (SSSR count). The zero-order chi connectivity index (χ0) is 12.8. The Morgan fingerprint density at radius 2 is 2.17 bits per heavy atom. The number of pyridine rings is 1. The van der Waals surface area contributed by atoms with E-state index in [4.69, 9.17) is 0 Å².